The highest BCUT2D eigenvalue weighted by Crippen LogP contribution is 2.23. The number of hydrogen-bond acceptors (Lipinski definition) is 5. The van der Waals surface area contributed by atoms with Gasteiger partial charge < -0.3 is 15.4 Å². The highest BCUT2D eigenvalue weighted by atomic mass is 32.2. The third-order valence-electron chi connectivity index (χ3n) is 3.50. The summed E-state index contributed by atoms with van der Waals surface area (Å²) in [6, 6.07) is 19.7. The Bertz CT molecular complexity index is 833. The van der Waals surface area contributed by atoms with Crippen LogP contribution in [0.15, 0.2) is 66.0 Å². The molecular weight excluding hydrogens is 350 g/mol. The van der Waals surface area contributed by atoms with Crippen molar-refractivity contribution in [1.29, 1.82) is 0 Å². The lowest BCUT2D eigenvalue weighted by Gasteiger charge is -2.07. The van der Waals surface area contributed by atoms with Gasteiger partial charge in [0, 0.05) is 35.2 Å². The molecule has 1 amide bonds. The average molecular weight is 370 g/mol. The van der Waals surface area contributed by atoms with E-state index in [2.05, 4.69) is 27.5 Å². The second-order valence-corrected chi connectivity index (χ2v) is 6.90. The van der Waals surface area contributed by atoms with Crippen molar-refractivity contribution in [3.8, 4) is 0 Å². The lowest BCUT2D eigenvalue weighted by molar-refractivity contribution is 0.103. The molecule has 0 saturated carbocycles. The fraction of sp³-hybridized carbons (Fsp3) is 0.105. The van der Waals surface area contributed by atoms with Crippen molar-refractivity contribution in [2.75, 3.05) is 21.6 Å². The number of hydrogen-bond donors (Lipinski definition) is 3. The third-order valence-corrected chi connectivity index (χ3v) is 4.87. The molecule has 0 spiro atoms. The van der Waals surface area contributed by atoms with Crippen molar-refractivity contribution in [2.24, 2.45) is 0 Å². The molecule has 25 heavy (non-hydrogen) atoms. The second kappa shape index (κ2) is 8.60. The summed E-state index contributed by atoms with van der Waals surface area (Å²) in [5.74, 6) is -0.0981. The highest BCUT2D eigenvalue weighted by Gasteiger charge is 2.10. The Kier molecular flexibility index (Phi) is 5.98. The summed E-state index contributed by atoms with van der Waals surface area (Å²) in [4.78, 5) is 13.1. The fourth-order valence-electron chi connectivity index (χ4n) is 2.32. The molecule has 0 atom stereocenters. The molecule has 0 aliphatic heterocycles. The van der Waals surface area contributed by atoms with Crippen molar-refractivity contribution in [3.63, 3.8) is 0 Å². The van der Waals surface area contributed by atoms with Crippen molar-refractivity contribution in [1.82, 2.24) is 0 Å². The maximum Gasteiger partial charge on any atom is 0.265 e. The van der Waals surface area contributed by atoms with Gasteiger partial charge in [-0.1, -0.05) is 48.3 Å². The Labute approximate surface area is 155 Å². The third kappa shape index (κ3) is 5.01. The Morgan fingerprint density at radius 2 is 1.80 bits per heavy atom. The summed E-state index contributed by atoms with van der Waals surface area (Å²) in [5, 5.41) is 8.24. The molecule has 4 nitrogen and oxygen atoms in total. The minimum absolute atomic E-state index is 0.0981. The van der Waals surface area contributed by atoms with E-state index in [9.17, 15) is 4.79 Å². The first kappa shape index (κ1) is 17.4. The van der Waals surface area contributed by atoms with Crippen LogP contribution in [0.25, 0.3) is 0 Å². The molecular formula is C19H19N3OS2. The smallest absolute Gasteiger partial charge is 0.265 e. The lowest BCUT2D eigenvalue weighted by Crippen LogP contribution is -2.10. The summed E-state index contributed by atoms with van der Waals surface area (Å²) in [6.07, 6.45) is 1.96. The molecule has 3 N–H and O–H groups in total. The predicted molar refractivity (Wildman–Crippen MR) is 110 cm³/mol. The first-order chi connectivity index (χ1) is 12.2. The number of nitrogens with one attached hydrogen (secondary N) is 3. The van der Waals surface area contributed by atoms with Crippen LogP contribution in [0.2, 0.25) is 0 Å². The summed E-state index contributed by atoms with van der Waals surface area (Å²) < 4.78 is 3.16. The van der Waals surface area contributed by atoms with Gasteiger partial charge in [0.15, 0.2) is 0 Å². The zero-order valence-corrected chi connectivity index (χ0v) is 15.4. The molecule has 1 heterocycles. The van der Waals surface area contributed by atoms with Crippen LogP contribution >= 0.6 is 23.3 Å². The number of thiophene rings is 1. The van der Waals surface area contributed by atoms with E-state index in [1.165, 1.54) is 28.8 Å². The maximum absolute atomic E-state index is 12.4. The summed E-state index contributed by atoms with van der Waals surface area (Å²) in [7, 11) is 0. The van der Waals surface area contributed by atoms with Crippen LogP contribution in [0.1, 0.15) is 15.2 Å². The van der Waals surface area contributed by atoms with Gasteiger partial charge in [0.25, 0.3) is 5.91 Å². The minimum atomic E-state index is -0.0981. The standard InChI is InChI=1S/C19H19N3OS2/c1-24-22-16-9-5-8-15(10-16)21-19(23)18-11-17(13-25-18)20-12-14-6-3-2-4-7-14/h2-11,13,20,22H,12H2,1H3,(H,21,23). The molecule has 0 fully saturated rings. The number of rotatable bonds is 7. The molecule has 0 saturated heterocycles. The van der Waals surface area contributed by atoms with Gasteiger partial charge in [-0.15, -0.1) is 11.3 Å². The molecule has 3 aromatic rings. The van der Waals surface area contributed by atoms with Crippen molar-refractivity contribution in [3.05, 3.63) is 76.5 Å². The number of amides is 1. The fourth-order valence-corrected chi connectivity index (χ4v) is 3.44. The van der Waals surface area contributed by atoms with E-state index in [1.54, 1.807) is 0 Å². The van der Waals surface area contributed by atoms with E-state index in [0.29, 0.717) is 4.88 Å². The van der Waals surface area contributed by atoms with Gasteiger partial charge in [0.2, 0.25) is 0 Å². The van der Waals surface area contributed by atoms with Crippen LogP contribution in [-0.2, 0) is 6.54 Å². The van der Waals surface area contributed by atoms with Crippen LogP contribution in [0.5, 0.6) is 0 Å². The number of benzene rings is 2. The van der Waals surface area contributed by atoms with Gasteiger partial charge in [-0.25, -0.2) is 0 Å². The number of carbonyl (C=O) groups is 1. The molecule has 6 heteroatoms. The SMILES string of the molecule is CSNc1cccc(NC(=O)c2cc(NCc3ccccc3)cs2)c1. The summed E-state index contributed by atoms with van der Waals surface area (Å²) >= 11 is 2.95. The number of anilines is 3. The Morgan fingerprint density at radius 1 is 1.00 bits per heavy atom. The van der Waals surface area contributed by atoms with Gasteiger partial charge in [0.05, 0.1) is 4.88 Å². The first-order valence-corrected chi connectivity index (χ1v) is 9.92. The Balaban J connectivity index is 1.59. The topological polar surface area (TPSA) is 53.2 Å². The predicted octanol–water partition coefficient (Wildman–Crippen LogP) is 5.30. The van der Waals surface area contributed by atoms with Gasteiger partial charge in [-0.3, -0.25) is 4.79 Å². The van der Waals surface area contributed by atoms with E-state index >= 15 is 0 Å². The zero-order valence-electron chi connectivity index (χ0n) is 13.8. The van der Waals surface area contributed by atoms with Gasteiger partial charge in [-0.05, 0) is 29.8 Å². The van der Waals surface area contributed by atoms with Crippen molar-refractivity contribution in [2.45, 2.75) is 6.54 Å². The monoisotopic (exact) mass is 369 g/mol. The lowest BCUT2D eigenvalue weighted by atomic mass is 10.2. The first-order valence-electron chi connectivity index (χ1n) is 7.81. The van der Waals surface area contributed by atoms with Gasteiger partial charge >= 0.3 is 0 Å². The van der Waals surface area contributed by atoms with Crippen LogP contribution in [0.4, 0.5) is 17.1 Å². The van der Waals surface area contributed by atoms with Crippen LogP contribution < -0.4 is 15.4 Å². The Morgan fingerprint density at radius 3 is 2.60 bits per heavy atom. The largest absolute Gasteiger partial charge is 0.380 e. The van der Waals surface area contributed by atoms with Crippen molar-refractivity contribution < 1.29 is 4.79 Å². The van der Waals surface area contributed by atoms with Crippen LogP contribution in [0.3, 0.4) is 0 Å². The van der Waals surface area contributed by atoms with Crippen LogP contribution in [-0.4, -0.2) is 12.2 Å². The average Bonchev–Trinajstić information content (AvgIpc) is 3.11. The summed E-state index contributed by atoms with van der Waals surface area (Å²) in [5.41, 5.74) is 3.90. The minimum Gasteiger partial charge on any atom is -0.380 e. The zero-order chi connectivity index (χ0) is 17.5. The molecule has 0 bridgehead atoms. The maximum atomic E-state index is 12.4. The van der Waals surface area contributed by atoms with Gasteiger partial charge in [-0.2, -0.15) is 0 Å². The molecule has 1 aromatic heterocycles. The number of carbonyl (C=O) groups excluding carboxylic acids is 1. The van der Waals surface area contributed by atoms with Crippen LogP contribution in [0, 0.1) is 0 Å². The molecule has 0 aliphatic rings. The Hall–Kier alpha value is -2.44. The molecule has 0 radical (unpaired) electrons. The second-order valence-electron chi connectivity index (χ2n) is 5.38. The van der Waals surface area contributed by atoms with E-state index in [-0.39, 0.29) is 5.91 Å². The van der Waals surface area contributed by atoms with Crippen molar-refractivity contribution >= 4 is 46.3 Å². The molecule has 0 unspecified atom stereocenters. The van der Waals surface area contributed by atoms with E-state index in [1.807, 2.05) is 60.2 Å². The molecule has 3 rings (SSSR count). The quantitative estimate of drug-likeness (QED) is 0.495. The highest BCUT2D eigenvalue weighted by molar-refractivity contribution is 7.99. The van der Waals surface area contributed by atoms with E-state index in [0.717, 1.165) is 23.6 Å². The normalized spacial score (nSPS) is 10.3. The van der Waals surface area contributed by atoms with E-state index < -0.39 is 0 Å². The summed E-state index contributed by atoms with van der Waals surface area (Å²) in [6.45, 7) is 0.737. The molecule has 2 aromatic carbocycles. The molecule has 0 aliphatic carbocycles. The molecule has 128 valence electrons. The van der Waals surface area contributed by atoms with E-state index in [4.69, 9.17) is 0 Å². The van der Waals surface area contributed by atoms with Gasteiger partial charge in [0.1, 0.15) is 0 Å².